The van der Waals surface area contributed by atoms with Crippen LogP contribution in [-0.2, 0) is 19.9 Å². The fourth-order valence-electron chi connectivity index (χ4n) is 2.22. The number of benzene rings is 1. The summed E-state index contributed by atoms with van der Waals surface area (Å²) in [5.74, 6) is -0.329. The Balaban J connectivity index is 2.22. The standard InChI is InChI=1S/C13H17NO5S2/c1-2-13(15)10-4-3-5-12(8-10)21(18,19)14-11-6-7-20(16,17)9-11/h3-5,8,11,14H,2,6-7,9H2,1H3/t11-/m0/s1. The summed E-state index contributed by atoms with van der Waals surface area (Å²) in [5, 5.41) is 0. The van der Waals surface area contributed by atoms with Gasteiger partial charge in [-0.15, -0.1) is 0 Å². The second-order valence-corrected chi connectivity index (χ2v) is 8.97. The van der Waals surface area contributed by atoms with Crippen molar-refractivity contribution in [2.24, 2.45) is 0 Å². The Hall–Kier alpha value is -1.25. The van der Waals surface area contributed by atoms with E-state index in [1.165, 1.54) is 18.2 Å². The molecule has 1 aromatic rings. The zero-order valence-electron chi connectivity index (χ0n) is 11.6. The Morgan fingerprint density at radius 3 is 2.67 bits per heavy atom. The summed E-state index contributed by atoms with van der Waals surface area (Å²) in [5.41, 5.74) is 0.333. The summed E-state index contributed by atoms with van der Waals surface area (Å²) in [6.07, 6.45) is 0.562. The molecule has 0 saturated carbocycles. The second-order valence-electron chi connectivity index (χ2n) is 5.03. The number of sulfonamides is 1. The SMILES string of the molecule is CCC(=O)c1cccc(S(=O)(=O)N[C@H]2CCS(=O)(=O)C2)c1. The molecule has 1 atom stereocenters. The maximum absolute atomic E-state index is 12.2. The number of hydrogen-bond acceptors (Lipinski definition) is 5. The van der Waals surface area contributed by atoms with E-state index in [9.17, 15) is 21.6 Å². The molecular weight excluding hydrogens is 314 g/mol. The predicted molar refractivity (Wildman–Crippen MR) is 78.4 cm³/mol. The first kappa shape index (κ1) is 16.1. The zero-order chi connectivity index (χ0) is 15.7. The highest BCUT2D eigenvalue weighted by Gasteiger charge is 2.31. The van der Waals surface area contributed by atoms with Crippen LogP contribution in [0.25, 0.3) is 0 Å². The van der Waals surface area contributed by atoms with Gasteiger partial charge in [0, 0.05) is 18.0 Å². The fraction of sp³-hybridized carbons (Fsp3) is 0.462. The van der Waals surface area contributed by atoms with Gasteiger partial charge in [-0.1, -0.05) is 19.1 Å². The number of hydrogen-bond donors (Lipinski definition) is 1. The first-order valence-corrected chi connectivity index (χ1v) is 9.90. The first-order chi connectivity index (χ1) is 9.73. The molecule has 1 aliphatic rings. The third-order valence-corrected chi connectivity index (χ3v) is 6.63. The predicted octanol–water partition coefficient (Wildman–Crippen LogP) is 0.745. The van der Waals surface area contributed by atoms with Gasteiger partial charge in [0.15, 0.2) is 15.6 Å². The van der Waals surface area contributed by atoms with Gasteiger partial charge < -0.3 is 0 Å². The number of carbonyl (C=O) groups excluding carboxylic acids is 1. The van der Waals surface area contributed by atoms with Gasteiger partial charge in [0.2, 0.25) is 10.0 Å². The summed E-state index contributed by atoms with van der Waals surface area (Å²) in [6.45, 7) is 1.70. The van der Waals surface area contributed by atoms with Crippen LogP contribution in [0.15, 0.2) is 29.2 Å². The van der Waals surface area contributed by atoms with Crippen molar-refractivity contribution in [1.82, 2.24) is 4.72 Å². The van der Waals surface area contributed by atoms with Gasteiger partial charge in [0.1, 0.15) is 0 Å². The van der Waals surface area contributed by atoms with Crippen LogP contribution in [0.2, 0.25) is 0 Å². The van der Waals surface area contributed by atoms with Gasteiger partial charge in [-0.3, -0.25) is 4.79 Å². The van der Waals surface area contributed by atoms with Gasteiger partial charge in [0.05, 0.1) is 16.4 Å². The van der Waals surface area contributed by atoms with Gasteiger partial charge >= 0.3 is 0 Å². The molecule has 1 fully saturated rings. The maximum atomic E-state index is 12.2. The Labute approximate surface area is 124 Å². The van der Waals surface area contributed by atoms with Crippen molar-refractivity contribution < 1.29 is 21.6 Å². The average molecular weight is 331 g/mol. The Kier molecular flexibility index (Phi) is 4.50. The molecule has 1 aromatic carbocycles. The van der Waals surface area contributed by atoms with E-state index in [0.29, 0.717) is 5.56 Å². The lowest BCUT2D eigenvalue weighted by Gasteiger charge is -2.12. The van der Waals surface area contributed by atoms with Crippen LogP contribution in [0.1, 0.15) is 30.1 Å². The van der Waals surface area contributed by atoms with Crippen LogP contribution >= 0.6 is 0 Å². The molecule has 0 unspecified atom stereocenters. The van der Waals surface area contributed by atoms with Crippen LogP contribution in [0, 0.1) is 0 Å². The molecule has 2 rings (SSSR count). The van der Waals surface area contributed by atoms with E-state index >= 15 is 0 Å². The van der Waals surface area contributed by atoms with Crippen molar-refractivity contribution >= 4 is 25.6 Å². The molecule has 0 radical (unpaired) electrons. The number of ketones is 1. The third kappa shape index (κ3) is 3.90. The van der Waals surface area contributed by atoms with Gasteiger partial charge in [0.25, 0.3) is 0 Å². The van der Waals surface area contributed by atoms with Crippen LogP contribution in [-0.4, -0.2) is 40.2 Å². The Morgan fingerprint density at radius 2 is 2.10 bits per heavy atom. The molecule has 6 nitrogen and oxygen atoms in total. The van der Waals surface area contributed by atoms with Crippen LogP contribution in [0.5, 0.6) is 0 Å². The lowest BCUT2D eigenvalue weighted by Crippen LogP contribution is -2.35. The number of carbonyl (C=O) groups is 1. The molecule has 21 heavy (non-hydrogen) atoms. The molecule has 1 heterocycles. The molecule has 1 N–H and O–H groups in total. The zero-order valence-corrected chi connectivity index (χ0v) is 13.2. The Morgan fingerprint density at radius 1 is 1.38 bits per heavy atom. The van der Waals surface area contributed by atoms with Crippen molar-refractivity contribution in [3.05, 3.63) is 29.8 Å². The van der Waals surface area contributed by atoms with E-state index in [4.69, 9.17) is 0 Å². The summed E-state index contributed by atoms with van der Waals surface area (Å²) < 4.78 is 49.6. The molecule has 116 valence electrons. The molecule has 0 aliphatic carbocycles. The van der Waals surface area contributed by atoms with Crippen molar-refractivity contribution in [2.45, 2.75) is 30.7 Å². The van der Waals surface area contributed by atoms with E-state index < -0.39 is 25.9 Å². The highest BCUT2D eigenvalue weighted by molar-refractivity contribution is 7.92. The van der Waals surface area contributed by atoms with Crippen LogP contribution in [0.4, 0.5) is 0 Å². The van der Waals surface area contributed by atoms with Crippen LogP contribution in [0.3, 0.4) is 0 Å². The second kappa shape index (κ2) is 5.86. The lowest BCUT2D eigenvalue weighted by atomic mass is 10.1. The summed E-state index contributed by atoms with van der Waals surface area (Å²) in [7, 11) is -6.98. The largest absolute Gasteiger partial charge is 0.294 e. The van der Waals surface area contributed by atoms with Crippen molar-refractivity contribution in [1.29, 1.82) is 0 Å². The molecule has 0 spiro atoms. The minimum absolute atomic E-state index is 0.00541. The smallest absolute Gasteiger partial charge is 0.240 e. The molecule has 1 aliphatic heterocycles. The Bertz CT molecular complexity index is 753. The molecule has 0 aromatic heterocycles. The van der Waals surface area contributed by atoms with E-state index in [2.05, 4.69) is 4.72 Å². The fourth-order valence-corrected chi connectivity index (χ4v) is 5.31. The average Bonchev–Trinajstić information content (AvgIpc) is 2.76. The molecule has 1 saturated heterocycles. The number of Topliss-reactive ketones (excluding diaryl/α,β-unsaturated/α-hetero) is 1. The van der Waals surface area contributed by atoms with E-state index in [-0.39, 0.29) is 35.0 Å². The summed E-state index contributed by atoms with van der Waals surface area (Å²) in [4.78, 5) is 11.6. The minimum Gasteiger partial charge on any atom is -0.294 e. The molecule has 0 bridgehead atoms. The van der Waals surface area contributed by atoms with Gasteiger partial charge in [-0.2, -0.15) is 0 Å². The lowest BCUT2D eigenvalue weighted by molar-refractivity contribution is 0.0988. The summed E-state index contributed by atoms with van der Waals surface area (Å²) >= 11 is 0. The summed E-state index contributed by atoms with van der Waals surface area (Å²) in [6, 6.07) is 5.16. The number of sulfone groups is 1. The molecule has 8 heteroatoms. The third-order valence-electron chi connectivity index (χ3n) is 3.34. The first-order valence-electron chi connectivity index (χ1n) is 6.59. The number of rotatable bonds is 5. The van der Waals surface area contributed by atoms with Gasteiger partial charge in [-0.25, -0.2) is 21.6 Å². The highest BCUT2D eigenvalue weighted by Crippen LogP contribution is 2.17. The number of nitrogens with one attached hydrogen (secondary N) is 1. The van der Waals surface area contributed by atoms with E-state index in [0.717, 1.165) is 0 Å². The monoisotopic (exact) mass is 331 g/mol. The minimum atomic E-state index is -3.82. The topological polar surface area (TPSA) is 97.4 Å². The maximum Gasteiger partial charge on any atom is 0.240 e. The molecule has 0 amide bonds. The molecular formula is C13H17NO5S2. The van der Waals surface area contributed by atoms with Crippen LogP contribution < -0.4 is 4.72 Å². The van der Waals surface area contributed by atoms with Crippen molar-refractivity contribution in [3.8, 4) is 0 Å². The van der Waals surface area contributed by atoms with Crippen molar-refractivity contribution in [3.63, 3.8) is 0 Å². The quantitative estimate of drug-likeness (QED) is 0.803. The van der Waals surface area contributed by atoms with Crippen molar-refractivity contribution in [2.75, 3.05) is 11.5 Å². The van der Waals surface area contributed by atoms with Gasteiger partial charge in [-0.05, 0) is 18.6 Å². The van der Waals surface area contributed by atoms with E-state index in [1.54, 1.807) is 13.0 Å². The normalized spacial score (nSPS) is 21.3. The highest BCUT2D eigenvalue weighted by atomic mass is 32.2. The van der Waals surface area contributed by atoms with E-state index in [1.807, 2.05) is 0 Å².